The van der Waals surface area contributed by atoms with Gasteiger partial charge in [-0.15, -0.1) is 0 Å². The van der Waals surface area contributed by atoms with Crippen LogP contribution in [0.1, 0.15) is 30.8 Å². The number of benzene rings is 1. The van der Waals surface area contributed by atoms with E-state index in [2.05, 4.69) is 10.3 Å². The number of hydrogen-bond acceptors (Lipinski definition) is 4. The van der Waals surface area contributed by atoms with Crippen molar-refractivity contribution in [1.29, 1.82) is 0 Å². The van der Waals surface area contributed by atoms with Crippen LogP contribution in [0.4, 0.5) is 0 Å². The molecule has 1 amide bonds. The number of nitrogens with one attached hydrogen (secondary N) is 1. The summed E-state index contributed by atoms with van der Waals surface area (Å²) in [4.78, 5) is 19.0. The van der Waals surface area contributed by atoms with Crippen molar-refractivity contribution in [2.24, 2.45) is 0 Å². The van der Waals surface area contributed by atoms with Gasteiger partial charge in [0, 0.05) is 37.5 Å². The Morgan fingerprint density at radius 2 is 2.17 bits per heavy atom. The van der Waals surface area contributed by atoms with Crippen LogP contribution < -0.4 is 5.32 Å². The second-order valence-corrected chi connectivity index (χ2v) is 6.33. The molecule has 5 heteroatoms. The monoisotopic (exact) mass is 327 g/mol. The number of hydrogen-bond donors (Lipinski definition) is 1. The number of nitrogens with zero attached hydrogens (tertiary/aromatic N) is 2. The summed E-state index contributed by atoms with van der Waals surface area (Å²) in [5, 5.41) is 3.17. The third kappa shape index (κ3) is 3.67. The maximum atomic E-state index is 12.5. The first kappa shape index (κ1) is 16.7. The van der Waals surface area contributed by atoms with Crippen LogP contribution in [0.3, 0.4) is 0 Å². The van der Waals surface area contributed by atoms with Crippen LogP contribution in [0.25, 0.3) is 11.3 Å². The van der Waals surface area contributed by atoms with Crippen molar-refractivity contribution < 1.29 is 9.21 Å². The molecule has 0 spiro atoms. The van der Waals surface area contributed by atoms with Crippen LogP contribution in [0, 0.1) is 6.92 Å². The fraction of sp³-hybridized carbons (Fsp3) is 0.474. The van der Waals surface area contributed by atoms with Crippen molar-refractivity contribution in [3.05, 3.63) is 41.9 Å². The van der Waals surface area contributed by atoms with E-state index in [9.17, 15) is 4.79 Å². The molecule has 1 N–H and O–H groups in total. The van der Waals surface area contributed by atoms with Crippen LogP contribution in [-0.2, 0) is 11.2 Å². The van der Waals surface area contributed by atoms with Crippen molar-refractivity contribution in [2.75, 3.05) is 20.1 Å². The first-order chi connectivity index (χ1) is 11.7. The van der Waals surface area contributed by atoms with Gasteiger partial charge in [-0.25, -0.2) is 4.98 Å². The van der Waals surface area contributed by atoms with Gasteiger partial charge in [0.05, 0.1) is 5.69 Å². The normalized spacial score (nSPS) is 17.4. The van der Waals surface area contributed by atoms with E-state index in [1.807, 2.05) is 49.2 Å². The van der Waals surface area contributed by atoms with E-state index in [4.69, 9.17) is 4.42 Å². The quantitative estimate of drug-likeness (QED) is 0.886. The van der Waals surface area contributed by atoms with Crippen molar-refractivity contribution >= 4 is 5.91 Å². The number of likely N-dealkylation sites (N-methyl/N-ethyl adjacent to an activating group) is 1. The zero-order chi connectivity index (χ0) is 16.9. The van der Waals surface area contributed by atoms with Gasteiger partial charge in [-0.05, 0) is 26.8 Å². The van der Waals surface area contributed by atoms with Gasteiger partial charge in [0.15, 0.2) is 11.7 Å². The highest BCUT2D eigenvalue weighted by atomic mass is 16.4. The molecule has 2 aromatic rings. The van der Waals surface area contributed by atoms with Gasteiger partial charge in [-0.1, -0.05) is 30.3 Å². The predicted molar refractivity (Wildman–Crippen MR) is 93.7 cm³/mol. The molecule has 5 nitrogen and oxygen atoms in total. The van der Waals surface area contributed by atoms with Crippen LogP contribution in [-0.4, -0.2) is 42.0 Å². The summed E-state index contributed by atoms with van der Waals surface area (Å²) >= 11 is 0. The highest BCUT2D eigenvalue weighted by Crippen LogP contribution is 2.25. The standard InChI is InChI=1S/C19H25N3O2/c1-14-19(15-7-4-3-5-8-15)24-17(21-14)10-11-18(23)22-12-6-9-16(22)13-20-2/h3-5,7-8,16,20H,6,9-13H2,1-2H3. The van der Waals surface area contributed by atoms with Crippen molar-refractivity contribution in [1.82, 2.24) is 15.2 Å². The van der Waals surface area contributed by atoms with E-state index >= 15 is 0 Å². The number of rotatable bonds is 6. The number of likely N-dealkylation sites (tertiary alicyclic amines) is 1. The highest BCUT2D eigenvalue weighted by molar-refractivity contribution is 5.77. The zero-order valence-electron chi connectivity index (χ0n) is 14.4. The fourth-order valence-electron chi connectivity index (χ4n) is 3.39. The minimum atomic E-state index is 0.199. The van der Waals surface area contributed by atoms with Gasteiger partial charge in [0.2, 0.25) is 5.91 Å². The van der Waals surface area contributed by atoms with Gasteiger partial charge in [-0.2, -0.15) is 0 Å². The van der Waals surface area contributed by atoms with Crippen molar-refractivity contribution in [3.8, 4) is 11.3 Å². The van der Waals surface area contributed by atoms with Crippen LogP contribution in [0.15, 0.2) is 34.7 Å². The molecular weight excluding hydrogens is 302 g/mol. The minimum Gasteiger partial charge on any atom is -0.440 e. The van der Waals surface area contributed by atoms with Gasteiger partial charge in [0.25, 0.3) is 0 Å². The molecule has 24 heavy (non-hydrogen) atoms. The number of carbonyl (C=O) groups is 1. The molecule has 1 aromatic heterocycles. The molecule has 1 aliphatic heterocycles. The molecule has 1 aliphatic rings. The maximum Gasteiger partial charge on any atom is 0.223 e. The molecule has 2 heterocycles. The summed E-state index contributed by atoms with van der Waals surface area (Å²) in [6, 6.07) is 10.3. The Hall–Kier alpha value is -2.14. The Morgan fingerprint density at radius 3 is 2.92 bits per heavy atom. The highest BCUT2D eigenvalue weighted by Gasteiger charge is 2.28. The average molecular weight is 327 g/mol. The second kappa shape index (κ2) is 7.62. The minimum absolute atomic E-state index is 0.199. The van der Waals surface area contributed by atoms with E-state index in [0.29, 0.717) is 24.8 Å². The molecule has 0 bridgehead atoms. The smallest absolute Gasteiger partial charge is 0.223 e. The van der Waals surface area contributed by atoms with Crippen LogP contribution >= 0.6 is 0 Å². The third-order valence-electron chi connectivity index (χ3n) is 4.57. The average Bonchev–Trinajstić information content (AvgIpc) is 3.20. The first-order valence-corrected chi connectivity index (χ1v) is 8.65. The Kier molecular flexibility index (Phi) is 5.30. The van der Waals surface area contributed by atoms with E-state index in [0.717, 1.165) is 42.9 Å². The molecule has 128 valence electrons. The zero-order valence-corrected chi connectivity index (χ0v) is 14.4. The van der Waals surface area contributed by atoms with Gasteiger partial charge >= 0.3 is 0 Å². The molecule has 0 aliphatic carbocycles. The van der Waals surface area contributed by atoms with E-state index in [1.54, 1.807) is 0 Å². The molecule has 0 saturated carbocycles. The summed E-state index contributed by atoms with van der Waals surface area (Å²) in [6.07, 6.45) is 3.18. The third-order valence-corrected chi connectivity index (χ3v) is 4.57. The van der Waals surface area contributed by atoms with E-state index < -0.39 is 0 Å². The summed E-state index contributed by atoms with van der Waals surface area (Å²) in [5.41, 5.74) is 1.89. The van der Waals surface area contributed by atoms with E-state index in [-0.39, 0.29) is 5.91 Å². The number of amides is 1. The lowest BCUT2D eigenvalue weighted by Gasteiger charge is -2.24. The summed E-state index contributed by atoms with van der Waals surface area (Å²) in [7, 11) is 1.93. The summed E-state index contributed by atoms with van der Waals surface area (Å²) in [5.74, 6) is 1.64. The number of aryl methyl sites for hydroxylation is 2. The van der Waals surface area contributed by atoms with Gasteiger partial charge < -0.3 is 14.6 Å². The largest absolute Gasteiger partial charge is 0.440 e. The van der Waals surface area contributed by atoms with Crippen molar-refractivity contribution in [3.63, 3.8) is 0 Å². The molecule has 1 aromatic carbocycles. The summed E-state index contributed by atoms with van der Waals surface area (Å²) in [6.45, 7) is 3.67. The summed E-state index contributed by atoms with van der Waals surface area (Å²) < 4.78 is 5.89. The Morgan fingerprint density at radius 1 is 1.38 bits per heavy atom. The lowest BCUT2D eigenvalue weighted by molar-refractivity contribution is -0.131. The van der Waals surface area contributed by atoms with Gasteiger partial charge in [-0.3, -0.25) is 4.79 Å². The molecular formula is C19H25N3O2. The van der Waals surface area contributed by atoms with Crippen LogP contribution in [0.2, 0.25) is 0 Å². The molecule has 1 saturated heterocycles. The fourth-order valence-corrected chi connectivity index (χ4v) is 3.39. The van der Waals surface area contributed by atoms with Crippen molar-refractivity contribution in [2.45, 2.75) is 38.6 Å². The maximum absolute atomic E-state index is 12.5. The number of carbonyl (C=O) groups excluding carboxylic acids is 1. The SMILES string of the molecule is CNCC1CCCN1C(=O)CCc1nc(C)c(-c2ccccc2)o1. The molecule has 0 radical (unpaired) electrons. The van der Waals surface area contributed by atoms with Gasteiger partial charge in [0.1, 0.15) is 0 Å². The lowest BCUT2D eigenvalue weighted by atomic mass is 10.1. The lowest BCUT2D eigenvalue weighted by Crippen LogP contribution is -2.40. The molecule has 1 unspecified atom stereocenters. The van der Waals surface area contributed by atoms with Crippen LogP contribution in [0.5, 0.6) is 0 Å². The molecule has 1 fully saturated rings. The molecule has 3 rings (SSSR count). The second-order valence-electron chi connectivity index (χ2n) is 6.33. The Balaban J connectivity index is 1.62. The Labute approximate surface area is 143 Å². The first-order valence-electron chi connectivity index (χ1n) is 8.65. The topological polar surface area (TPSA) is 58.4 Å². The predicted octanol–water partition coefficient (Wildman–Crippen LogP) is 2.79. The Bertz CT molecular complexity index is 681. The molecule has 1 atom stereocenters. The number of oxazole rings is 1. The number of aromatic nitrogens is 1. The van der Waals surface area contributed by atoms with E-state index in [1.165, 1.54) is 0 Å².